The topological polar surface area (TPSA) is 9.23 Å². The maximum absolute atomic E-state index is 6.25. The molecule has 0 N–H and O–H groups in total. The lowest BCUT2D eigenvalue weighted by Crippen LogP contribution is -2.03. The highest BCUT2D eigenvalue weighted by Gasteiger charge is 2.17. The Kier molecular flexibility index (Phi) is 7.33. The zero-order chi connectivity index (χ0) is 14.3. The summed E-state index contributed by atoms with van der Waals surface area (Å²) in [4.78, 5) is 0. The fourth-order valence-corrected chi connectivity index (χ4v) is 2.68. The number of allylic oxidation sites excluding steroid dienone is 2. The van der Waals surface area contributed by atoms with Crippen molar-refractivity contribution in [3.05, 3.63) is 39.9 Å². The average Bonchev–Trinajstić information content (AvgIpc) is 2.38. The summed E-state index contributed by atoms with van der Waals surface area (Å²) in [5.74, 6) is 1.17. The predicted molar refractivity (Wildman–Crippen MR) is 84.7 cm³/mol. The molecule has 0 bridgehead atoms. The summed E-state index contributed by atoms with van der Waals surface area (Å²) in [6, 6.07) is 3.72. The monoisotopic (exact) mass is 300 g/mol. The van der Waals surface area contributed by atoms with Gasteiger partial charge in [-0.3, -0.25) is 0 Å². The van der Waals surface area contributed by atoms with Crippen LogP contribution in [0.5, 0.6) is 5.75 Å². The fraction of sp³-hybridized carbons (Fsp3) is 0.500. The van der Waals surface area contributed by atoms with Crippen LogP contribution in [0, 0.1) is 0 Å². The third kappa shape index (κ3) is 4.74. The van der Waals surface area contributed by atoms with Crippen LogP contribution in [0.2, 0.25) is 10.0 Å². The second kappa shape index (κ2) is 8.50. The van der Waals surface area contributed by atoms with E-state index in [-0.39, 0.29) is 0 Å². The molecule has 0 aliphatic carbocycles. The first-order valence-corrected chi connectivity index (χ1v) is 7.66. The Balaban J connectivity index is 3.09. The van der Waals surface area contributed by atoms with Gasteiger partial charge in [0.05, 0.1) is 11.6 Å². The summed E-state index contributed by atoms with van der Waals surface area (Å²) in [6.07, 6.45) is 7.49. The molecule has 1 aromatic rings. The van der Waals surface area contributed by atoms with Gasteiger partial charge in [0, 0.05) is 10.6 Å². The molecule has 0 aliphatic heterocycles. The van der Waals surface area contributed by atoms with Crippen LogP contribution in [0.15, 0.2) is 24.3 Å². The molecular formula is C16H22Cl2O. The second-order valence-corrected chi connectivity index (χ2v) is 5.30. The fourth-order valence-electron chi connectivity index (χ4n) is 2.12. The van der Waals surface area contributed by atoms with E-state index < -0.39 is 0 Å². The summed E-state index contributed by atoms with van der Waals surface area (Å²) in [6.45, 7) is 6.89. The van der Waals surface area contributed by atoms with E-state index in [1.54, 1.807) is 6.07 Å². The van der Waals surface area contributed by atoms with E-state index in [1.165, 1.54) is 0 Å². The molecule has 0 fully saturated rings. The van der Waals surface area contributed by atoms with Crippen LogP contribution in [0.25, 0.3) is 0 Å². The van der Waals surface area contributed by atoms with Crippen LogP contribution in [-0.2, 0) is 0 Å². The van der Waals surface area contributed by atoms with Crippen LogP contribution >= 0.6 is 23.2 Å². The van der Waals surface area contributed by atoms with E-state index in [9.17, 15) is 0 Å². The molecule has 1 nitrogen and oxygen atoms in total. The normalized spacial score (nSPS) is 12.9. The van der Waals surface area contributed by atoms with Gasteiger partial charge in [0.1, 0.15) is 5.75 Å². The van der Waals surface area contributed by atoms with Crippen molar-refractivity contribution in [2.24, 2.45) is 0 Å². The molecule has 1 aromatic carbocycles. The van der Waals surface area contributed by atoms with Gasteiger partial charge in [0.2, 0.25) is 0 Å². The SMILES string of the molecule is CC/C=C\CC(CC)c1cc(Cl)cc(Cl)c1OCC. The minimum atomic E-state index is 0.389. The molecule has 1 unspecified atom stereocenters. The predicted octanol–water partition coefficient (Wildman–Crippen LogP) is 6.24. The molecule has 0 aliphatic rings. The van der Waals surface area contributed by atoms with E-state index in [4.69, 9.17) is 27.9 Å². The maximum atomic E-state index is 6.25. The molecule has 0 saturated heterocycles. The van der Waals surface area contributed by atoms with E-state index >= 15 is 0 Å². The lowest BCUT2D eigenvalue weighted by Gasteiger charge is -2.19. The van der Waals surface area contributed by atoms with Gasteiger partial charge >= 0.3 is 0 Å². The highest BCUT2D eigenvalue weighted by atomic mass is 35.5. The first kappa shape index (κ1) is 16.4. The number of hydrogen-bond donors (Lipinski definition) is 0. The molecular weight excluding hydrogens is 279 g/mol. The molecule has 0 saturated carbocycles. The molecule has 0 heterocycles. The van der Waals surface area contributed by atoms with Gasteiger partial charge in [-0.25, -0.2) is 0 Å². The van der Waals surface area contributed by atoms with E-state index in [0.29, 0.717) is 22.6 Å². The number of ether oxygens (including phenoxy) is 1. The largest absolute Gasteiger partial charge is 0.492 e. The van der Waals surface area contributed by atoms with Crippen molar-refractivity contribution in [2.45, 2.75) is 46.0 Å². The summed E-state index contributed by atoms with van der Waals surface area (Å²) in [7, 11) is 0. The van der Waals surface area contributed by atoms with Gasteiger partial charge < -0.3 is 4.74 Å². The van der Waals surface area contributed by atoms with Gasteiger partial charge in [-0.05, 0) is 44.2 Å². The van der Waals surface area contributed by atoms with Crippen LogP contribution in [0.1, 0.15) is 51.5 Å². The third-order valence-corrected chi connectivity index (χ3v) is 3.58. The maximum Gasteiger partial charge on any atom is 0.141 e. The van der Waals surface area contributed by atoms with Crippen molar-refractivity contribution in [1.29, 1.82) is 0 Å². The van der Waals surface area contributed by atoms with Crippen molar-refractivity contribution in [1.82, 2.24) is 0 Å². The van der Waals surface area contributed by atoms with Gasteiger partial charge in [-0.1, -0.05) is 49.2 Å². The Labute approximate surface area is 126 Å². The number of rotatable bonds is 7. The summed E-state index contributed by atoms with van der Waals surface area (Å²) in [5.41, 5.74) is 1.11. The summed E-state index contributed by atoms with van der Waals surface area (Å²) >= 11 is 12.4. The first-order valence-electron chi connectivity index (χ1n) is 6.90. The Morgan fingerprint density at radius 3 is 2.47 bits per heavy atom. The Morgan fingerprint density at radius 1 is 1.16 bits per heavy atom. The van der Waals surface area contributed by atoms with Crippen molar-refractivity contribution in [3.63, 3.8) is 0 Å². The number of hydrogen-bond acceptors (Lipinski definition) is 1. The highest BCUT2D eigenvalue weighted by Crippen LogP contribution is 2.39. The summed E-state index contributed by atoms with van der Waals surface area (Å²) in [5, 5.41) is 1.27. The standard InChI is InChI=1S/C16H22Cl2O/c1-4-7-8-9-12(5-2)14-10-13(17)11-15(18)16(14)19-6-3/h7-8,10-12H,4-6,9H2,1-3H3/b8-7-. The van der Waals surface area contributed by atoms with Crippen LogP contribution in [0.4, 0.5) is 0 Å². The minimum absolute atomic E-state index is 0.389. The number of halogens is 2. The Hall–Kier alpha value is -0.660. The van der Waals surface area contributed by atoms with E-state index in [2.05, 4.69) is 26.0 Å². The smallest absolute Gasteiger partial charge is 0.141 e. The molecule has 0 spiro atoms. The first-order chi connectivity index (χ1) is 9.13. The van der Waals surface area contributed by atoms with Crippen molar-refractivity contribution >= 4 is 23.2 Å². The molecule has 1 atom stereocenters. The Morgan fingerprint density at radius 2 is 1.89 bits per heavy atom. The lowest BCUT2D eigenvalue weighted by molar-refractivity contribution is 0.334. The molecule has 19 heavy (non-hydrogen) atoms. The van der Waals surface area contributed by atoms with Crippen molar-refractivity contribution in [3.8, 4) is 5.75 Å². The Bertz CT molecular complexity index is 427. The lowest BCUT2D eigenvalue weighted by atomic mass is 9.92. The quantitative estimate of drug-likeness (QED) is 0.541. The summed E-state index contributed by atoms with van der Waals surface area (Å²) < 4.78 is 5.70. The zero-order valence-electron chi connectivity index (χ0n) is 11.9. The molecule has 0 aromatic heterocycles. The van der Waals surface area contributed by atoms with Gasteiger partial charge in [-0.15, -0.1) is 0 Å². The van der Waals surface area contributed by atoms with E-state index in [1.807, 2.05) is 13.0 Å². The third-order valence-electron chi connectivity index (χ3n) is 3.08. The zero-order valence-corrected chi connectivity index (χ0v) is 13.4. The average molecular weight is 301 g/mol. The highest BCUT2D eigenvalue weighted by molar-refractivity contribution is 6.35. The van der Waals surface area contributed by atoms with Crippen molar-refractivity contribution < 1.29 is 4.74 Å². The minimum Gasteiger partial charge on any atom is -0.492 e. The molecule has 106 valence electrons. The molecule has 0 amide bonds. The van der Waals surface area contributed by atoms with Crippen molar-refractivity contribution in [2.75, 3.05) is 6.61 Å². The second-order valence-electron chi connectivity index (χ2n) is 4.46. The van der Waals surface area contributed by atoms with E-state index in [0.717, 1.165) is 30.6 Å². The van der Waals surface area contributed by atoms with Gasteiger partial charge in [0.25, 0.3) is 0 Å². The molecule has 3 heteroatoms. The molecule has 0 radical (unpaired) electrons. The number of benzene rings is 1. The molecule has 1 rings (SSSR count). The van der Waals surface area contributed by atoms with Gasteiger partial charge in [0.15, 0.2) is 0 Å². The van der Waals surface area contributed by atoms with Crippen LogP contribution < -0.4 is 4.74 Å². The van der Waals surface area contributed by atoms with Crippen LogP contribution in [-0.4, -0.2) is 6.61 Å². The van der Waals surface area contributed by atoms with Crippen LogP contribution in [0.3, 0.4) is 0 Å². The van der Waals surface area contributed by atoms with Gasteiger partial charge in [-0.2, -0.15) is 0 Å².